The highest BCUT2D eigenvalue weighted by Crippen LogP contribution is 2.32. The number of carbonyl (C=O) groups is 2. The van der Waals surface area contributed by atoms with Crippen molar-refractivity contribution in [3.05, 3.63) is 40.3 Å². The molecule has 0 aliphatic heterocycles. The maximum absolute atomic E-state index is 12.7. The molecule has 0 radical (unpaired) electrons. The molecule has 0 bridgehead atoms. The summed E-state index contributed by atoms with van der Waals surface area (Å²) in [5, 5.41) is 19.2. The average molecular weight is 329 g/mol. The van der Waals surface area contributed by atoms with Crippen LogP contribution in [-0.4, -0.2) is 32.7 Å². The zero-order valence-corrected chi connectivity index (χ0v) is 13.3. The lowest BCUT2D eigenvalue weighted by Gasteiger charge is -2.36. The summed E-state index contributed by atoms with van der Waals surface area (Å²) in [6, 6.07) is 6.63. The van der Waals surface area contributed by atoms with Crippen molar-refractivity contribution in [3.63, 3.8) is 0 Å². The summed E-state index contributed by atoms with van der Waals surface area (Å²) in [4.78, 5) is 36.3. The number of nitrogens with zero attached hydrogens (tertiary/aromatic N) is 1. The molecule has 1 saturated carbocycles. The Morgan fingerprint density at radius 1 is 1.25 bits per heavy atom. The lowest BCUT2D eigenvalue weighted by atomic mass is 9.77. The maximum atomic E-state index is 12.7. The first kappa shape index (κ1) is 16.2. The van der Waals surface area contributed by atoms with E-state index >= 15 is 0 Å². The highest BCUT2D eigenvalue weighted by Gasteiger charge is 2.43. The van der Waals surface area contributed by atoms with Gasteiger partial charge >= 0.3 is 5.97 Å². The number of aromatic amines is 1. The molecule has 7 nitrogen and oxygen atoms in total. The zero-order chi connectivity index (χ0) is 17.3. The number of aromatic nitrogens is 2. The molecule has 1 aliphatic carbocycles. The van der Waals surface area contributed by atoms with Gasteiger partial charge in [0, 0.05) is 5.39 Å². The van der Waals surface area contributed by atoms with Crippen molar-refractivity contribution in [2.24, 2.45) is 5.92 Å². The number of carboxylic acids is 1. The summed E-state index contributed by atoms with van der Waals surface area (Å²) in [7, 11) is 0. The van der Waals surface area contributed by atoms with Gasteiger partial charge < -0.3 is 10.4 Å². The number of nitrogens with one attached hydrogen (secondary N) is 2. The Morgan fingerprint density at radius 3 is 2.50 bits per heavy atom. The van der Waals surface area contributed by atoms with Crippen LogP contribution in [0.4, 0.5) is 0 Å². The number of hydrogen-bond acceptors (Lipinski definition) is 4. The van der Waals surface area contributed by atoms with Crippen LogP contribution in [0.2, 0.25) is 0 Å². The quantitative estimate of drug-likeness (QED) is 0.793. The summed E-state index contributed by atoms with van der Waals surface area (Å²) in [5.74, 6) is -1.17. The molecule has 1 amide bonds. The summed E-state index contributed by atoms with van der Waals surface area (Å²) < 4.78 is 0. The maximum Gasteiger partial charge on any atom is 0.329 e. The van der Waals surface area contributed by atoms with Gasteiger partial charge in [0.25, 0.3) is 11.5 Å². The first-order chi connectivity index (χ1) is 11.4. The van der Waals surface area contributed by atoms with Crippen LogP contribution in [-0.2, 0) is 4.79 Å². The smallest absolute Gasteiger partial charge is 0.329 e. The summed E-state index contributed by atoms with van der Waals surface area (Å²) in [5.41, 5.74) is -1.63. The van der Waals surface area contributed by atoms with E-state index < -0.39 is 17.4 Å². The Hall–Kier alpha value is -2.70. The van der Waals surface area contributed by atoms with Gasteiger partial charge in [-0.05, 0) is 37.7 Å². The van der Waals surface area contributed by atoms with Crippen LogP contribution in [0.25, 0.3) is 10.8 Å². The van der Waals surface area contributed by atoms with Crippen molar-refractivity contribution in [3.8, 4) is 0 Å². The molecule has 3 rings (SSSR count). The largest absolute Gasteiger partial charge is 0.480 e. The zero-order valence-electron chi connectivity index (χ0n) is 13.3. The minimum absolute atomic E-state index is 0.0319. The Balaban J connectivity index is 1.96. The van der Waals surface area contributed by atoms with E-state index in [1.165, 1.54) is 0 Å². The molecule has 0 atom stereocenters. The second kappa shape index (κ2) is 6.07. The molecule has 2 aromatic rings. The predicted octanol–water partition coefficient (Wildman–Crippen LogP) is 1.69. The minimum Gasteiger partial charge on any atom is -0.480 e. The molecular weight excluding hydrogens is 310 g/mol. The van der Waals surface area contributed by atoms with Crippen molar-refractivity contribution in [1.29, 1.82) is 0 Å². The molecule has 24 heavy (non-hydrogen) atoms. The van der Waals surface area contributed by atoms with Crippen molar-refractivity contribution in [2.45, 2.75) is 38.1 Å². The van der Waals surface area contributed by atoms with E-state index in [-0.39, 0.29) is 11.3 Å². The average Bonchev–Trinajstić information content (AvgIpc) is 2.57. The Bertz CT molecular complexity index is 850. The predicted molar refractivity (Wildman–Crippen MR) is 87.8 cm³/mol. The van der Waals surface area contributed by atoms with Crippen molar-refractivity contribution in [2.75, 3.05) is 0 Å². The number of H-pyrrole nitrogens is 1. The van der Waals surface area contributed by atoms with Crippen molar-refractivity contribution in [1.82, 2.24) is 15.5 Å². The van der Waals surface area contributed by atoms with Crippen LogP contribution < -0.4 is 10.9 Å². The number of aliphatic carboxylic acids is 1. The highest BCUT2D eigenvalue weighted by molar-refractivity contribution is 6.06. The topological polar surface area (TPSA) is 112 Å². The highest BCUT2D eigenvalue weighted by atomic mass is 16.4. The van der Waals surface area contributed by atoms with Crippen LogP contribution >= 0.6 is 0 Å². The SMILES string of the molecule is CC1CCC(NC(=O)c2n[nH]c(=O)c3ccccc23)(C(=O)O)CC1. The van der Waals surface area contributed by atoms with Gasteiger partial charge in [0.1, 0.15) is 5.54 Å². The molecule has 1 aromatic carbocycles. The molecular formula is C17H19N3O4. The fourth-order valence-electron chi connectivity index (χ4n) is 3.21. The monoisotopic (exact) mass is 329 g/mol. The molecule has 0 unspecified atom stereocenters. The summed E-state index contributed by atoms with van der Waals surface area (Å²) in [6.45, 7) is 2.07. The molecule has 126 valence electrons. The van der Waals surface area contributed by atoms with E-state index in [0.717, 1.165) is 12.8 Å². The van der Waals surface area contributed by atoms with Gasteiger partial charge in [0.2, 0.25) is 0 Å². The van der Waals surface area contributed by atoms with E-state index in [2.05, 4.69) is 22.4 Å². The van der Waals surface area contributed by atoms with Crippen LogP contribution in [0, 0.1) is 5.92 Å². The fourth-order valence-corrected chi connectivity index (χ4v) is 3.21. The van der Waals surface area contributed by atoms with E-state index in [4.69, 9.17) is 0 Å². The summed E-state index contributed by atoms with van der Waals surface area (Å²) in [6.07, 6.45) is 2.26. The Labute approximate surface area is 138 Å². The number of rotatable bonds is 3. The van der Waals surface area contributed by atoms with Gasteiger partial charge in [-0.1, -0.05) is 25.1 Å². The van der Waals surface area contributed by atoms with Crippen LogP contribution in [0.1, 0.15) is 43.1 Å². The molecule has 1 aromatic heterocycles. The van der Waals surface area contributed by atoms with Gasteiger partial charge in [-0.15, -0.1) is 0 Å². The fraction of sp³-hybridized carbons (Fsp3) is 0.412. The van der Waals surface area contributed by atoms with Crippen LogP contribution in [0.3, 0.4) is 0 Å². The number of carboxylic acid groups (broad SMARTS) is 1. The first-order valence-corrected chi connectivity index (χ1v) is 7.96. The molecule has 7 heteroatoms. The van der Waals surface area contributed by atoms with Gasteiger partial charge in [-0.25, -0.2) is 9.89 Å². The minimum atomic E-state index is -1.28. The van der Waals surface area contributed by atoms with Gasteiger partial charge in [-0.3, -0.25) is 9.59 Å². The van der Waals surface area contributed by atoms with Gasteiger partial charge in [-0.2, -0.15) is 5.10 Å². The van der Waals surface area contributed by atoms with Crippen LogP contribution in [0.5, 0.6) is 0 Å². The third-order valence-electron chi connectivity index (χ3n) is 4.80. The Kier molecular flexibility index (Phi) is 4.09. The number of fused-ring (bicyclic) bond motifs is 1. The van der Waals surface area contributed by atoms with Crippen LogP contribution in [0.15, 0.2) is 29.1 Å². The van der Waals surface area contributed by atoms with Crippen molar-refractivity contribution < 1.29 is 14.7 Å². The number of amides is 1. The molecule has 0 saturated heterocycles. The van der Waals surface area contributed by atoms with Crippen molar-refractivity contribution >= 4 is 22.6 Å². The normalized spacial score (nSPS) is 23.8. The third kappa shape index (κ3) is 2.77. The number of hydrogen-bond donors (Lipinski definition) is 3. The Morgan fingerprint density at radius 2 is 1.88 bits per heavy atom. The lowest BCUT2D eigenvalue weighted by molar-refractivity contribution is -0.146. The van der Waals surface area contributed by atoms with E-state index in [1.807, 2.05) is 0 Å². The molecule has 1 fully saturated rings. The molecule has 1 heterocycles. The third-order valence-corrected chi connectivity index (χ3v) is 4.80. The standard InChI is InChI=1S/C17H19N3O4/c1-10-6-8-17(9-7-10,16(23)24)18-15(22)13-11-4-2-3-5-12(11)14(21)20-19-13/h2-5,10H,6-9H2,1H3,(H,18,22)(H,20,21)(H,23,24). The second-order valence-corrected chi connectivity index (χ2v) is 6.47. The number of benzene rings is 1. The van der Waals surface area contributed by atoms with E-state index in [1.54, 1.807) is 24.3 Å². The second-order valence-electron chi connectivity index (χ2n) is 6.47. The van der Waals surface area contributed by atoms with Gasteiger partial charge in [0.15, 0.2) is 5.69 Å². The molecule has 0 spiro atoms. The lowest BCUT2D eigenvalue weighted by Crippen LogP contribution is -2.56. The molecule has 1 aliphatic rings. The van der Waals surface area contributed by atoms with E-state index in [0.29, 0.717) is 29.5 Å². The first-order valence-electron chi connectivity index (χ1n) is 7.96. The molecule has 3 N–H and O–H groups in total. The van der Waals surface area contributed by atoms with E-state index in [9.17, 15) is 19.5 Å². The number of carbonyl (C=O) groups excluding carboxylic acids is 1. The van der Waals surface area contributed by atoms with Gasteiger partial charge in [0.05, 0.1) is 5.39 Å². The summed E-state index contributed by atoms with van der Waals surface area (Å²) >= 11 is 0.